The quantitative estimate of drug-likeness (QED) is 0.438. The van der Waals surface area contributed by atoms with E-state index in [1.807, 2.05) is 4.90 Å². The van der Waals surface area contributed by atoms with Crippen LogP contribution in [0.5, 0.6) is 0 Å². The SMILES string of the molecule is Cc1cc(CNC(=O)c2cc(C(=O)N[C@H]3CCc4cc(C(=O)O)ccc43)nc(N3CCCC3)n2)ccc1F. The van der Waals surface area contributed by atoms with Crippen LogP contribution >= 0.6 is 0 Å². The number of amides is 2. The Balaban J connectivity index is 1.36. The first-order chi connectivity index (χ1) is 18.3. The van der Waals surface area contributed by atoms with Gasteiger partial charge in [-0.05, 0) is 73.1 Å². The number of benzene rings is 2. The number of rotatable bonds is 7. The van der Waals surface area contributed by atoms with Crippen LogP contribution in [0, 0.1) is 12.7 Å². The number of nitrogens with zero attached hydrogens (tertiary/aromatic N) is 3. The highest BCUT2D eigenvalue weighted by Crippen LogP contribution is 2.32. The van der Waals surface area contributed by atoms with E-state index >= 15 is 0 Å². The molecule has 1 fully saturated rings. The maximum atomic E-state index is 13.6. The summed E-state index contributed by atoms with van der Waals surface area (Å²) in [4.78, 5) is 48.5. The molecule has 1 saturated heterocycles. The number of halogens is 1. The van der Waals surface area contributed by atoms with Crippen molar-refractivity contribution in [2.45, 2.75) is 45.2 Å². The summed E-state index contributed by atoms with van der Waals surface area (Å²) in [5.41, 5.74) is 3.38. The fourth-order valence-corrected chi connectivity index (χ4v) is 4.95. The average molecular weight is 518 g/mol. The topological polar surface area (TPSA) is 125 Å². The van der Waals surface area contributed by atoms with Crippen LogP contribution in [0.1, 0.15) is 78.9 Å². The predicted molar refractivity (Wildman–Crippen MR) is 138 cm³/mol. The largest absolute Gasteiger partial charge is 0.478 e. The van der Waals surface area contributed by atoms with Gasteiger partial charge in [0.2, 0.25) is 5.95 Å². The molecule has 10 heteroatoms. The van der Waals surface area contributed by atoms with Gasteiger partial charge >= 0.3 is 5.97 Å². The number of anilines is 1. The Morgan fingerprint density at radius 1 is 1.03 bits per heavy atom. The van der Waals surface area contributed by atoms with E-state index in [0.717, 1.165) is 42.6 Å². The number of hydrogen-bond acceptors (Lipinski definition) is 6. The molecule has 2 aliphatic rings. The first kappa shape index (κ1) is 25.3. The number of aromatic nitrogens is 2. The number of fused-ring (bicyclic) bond motifs is 1. The molecule has 38 heavy (non-hydrogen) atoms. The molecule has 3 N–H and O–H groups in total. The lowest BCUT2D eigenvalue weighted by atomic mass is 10.0. The molecule has 0 spiro atoms. The summed E-state index contributed by atoms with van der Waals surface area (Å²) in [6.07, 6.45) is 3.24. The van der Waals surface area contributed by atoms with Gasteiger partial charge in [-0.1, -0.05) is 18.2 Å². The Bertz CT molecular complexity index is 1420. The molecule has 2 heterocycles. The van der Waals surface area contributed by atoms with Gasteiger partial charge in [0.05, 0.1) is 11.6 Å². The van der Waals surface area contributed by atoms with E-state index < -0.39 is 17.8 Å². The molecule has 9 nitrogen and oxygen atoms in total. The predicted octanol–water partition coefficient (Wildman–Crippen LogP) is 3.57. The zero-order valence-corrected chi connectivity index (χ0v) is 21.0. The minimum absolute atomic E-state index is 0.0730. The molecule has 5 rings (SSSR count). The zero-order valence-electron chi connectivity index (χ0n) is 21.0. The van der Waals surface area contributed by atoms with Gasteiger partial charge in [-0.25, -0.2) is 19.2 Å². The lowest BCUT2D eigenvalue weighted by Crippen LogP contribution is -2.31. The van der Waals surface area contributed by atoms with Gasteiger partial charge in [0.1, 0.15) is 17.2 Å². The second-order valence-electron chi connectivity index (χ2n) is 9.68. The number of aryl methyl sites for hydroxylation is 2. The first-order valence-electron chi connectivity index (χ1n) is 12.6. The van der Waals surface area contributed by atoms with Gasteiger partial charge in [0.15, 0.2) is 0 Å². The minimum atomic E-state index is -0.990. The van der Waals surface area contributed by atoms with Gasteiger partial charge < -0.3 is 20.6 Å². The van der Waals surface area contributed by atoms with E-state index in [1.165, 1.54) is 18.2 Å². The molecule has 1 aromatic heterocycles. The van der Waals surface area contributed by atoms with Crippen molar-refractivity contribution < 1.29 is 23.9 Å². The maximum absolute atomic E-state index is 13.6. The Hall–Kier alpha value is -4.34. The molecule has 1 atom stereocenters. The van der Waals surface area contributed by atoms with Crippen molar-refractivity contribution in [3.05, 3.63) is 87.5 Å². The number of hydrogen-bond donors (Lipinski definition) is 3. The standard InChI is InChI=1S/C28H28FN5O4/c1-16-12-17(4-8-21(16)29)15-30-25(35)23-14-24(33-28(32-23)34-10-2-3-11-34)26(36)31-22-9-6-18-13-19(27(37)38)5-7-20(18)22/h4-5,7-8,12-14,22H,2-3,6,9-11,15H2,1H3,(H,30,35)(H,31,36)(H,37,38)/t22-/m0/s1. The molecule has 0 radical (unpaired) electrons. The van der Waals surface area contributed by atoms with Crippen molar-refractivity contribution in [1.29, 1.82) is 0 Å². The van der Waals surface area contributed by atoms with E-state index in [-0.39, 0.29) is 35.4 Å². The van der Waals surface area contributed by atoms with Crippen LogP contribution in [0.3, 0.4) is 0 Å². The minimum Gasteiger partial charge on any atom is -0.478 e. The Labute approximate surface area is 219 Å². The fourth-order valence-electron chi connectivity index (χ4n) is 4.95. The Kier molecular flexibility index (Phi) is 7.04. The third kappa shape index (κ3) is 5.34. The third-order valence-corrected chi connectivity index (χ3v) is 7.02. The maximum Gasteiger partial charge on any atom is 0.335 e. The van der Waals surface area contributed by atoms with Gasteiger partial charge in [-0.15, -0.1) is 0 Å². The lowest BCUT2D eigenvalue weighted by molar-refractivity contribution is 0.0696. The molecule has 1 aliphatic carbocycles. The first-order valence-corrected chi connectivity index (χ1v) is 12.6. The highest BCUT2D eigenvalue weighted by molar-refractivity contribution is 5.98. The number of carboxylic acid groups (broad SMARTS) is 1. The molecule has 0 saturated carbocycles. The van der Waals surface area contributed by atoms with Crippen molar-refractivity contribution >= 4 is 23.7 Å². The molecule has 2 aromatic carbocycles. The summed E-state index contributed by atoms with van der Waals surface area (Å²) in [5, 5.41) is 15.0. The van der Waals surface area contributed by atoms with Crippen molar-refractivity contribution in [1.82, 2.24) is 20.6 Å². The molecule has 1 aliphatic heterocycles. The van der Waals surface area contributed by atoms with Crippen LogP contribution in [-0.4, -0.2) is 45.9 Å². The molecule has 196 valence electrons. The summed E-state index contributed by atoms with van der Waals surface area (Å²) in [6, 6.07) is 10.6. The number of carboxylic acids is 1. The Morgan fingerprint density at radius 3 is 2.47 bits per heavy atom. The zero-order chi connectivity index (χ0) is 26.8. The average Bonchev–Trinajstić information content (AvgIpc) is 3.59. The van der Waals surface area contributed by atoms with Gasteiger partial charge in [0, 0.05) is 25.7 Å². The monoisotopic (exact) mass is 517 g/mol. The number of aromatic carboxylic acids is 1. The number of nitrogens with one attached hydrogen (secondary N) is 2. The third-order valence-electron chi connectivity index (χ3n) is 7.02. The second-order valence-corrected chi connectivity index (χ2v) is 9.68. The van der Waals surface area contributed by atoms with E-state index in [2.05, 4.69) is 20.6 Å². The van der Waals surface area contributed by atoms with Crippen LogP contribution in [0.2, 0.25) is 0 Å². The van der Waals surface area contributed by atoms with Crippen molar-refractivity contribution in [3.63, 3.8) is 0 Å². The van der Waals surface area contributed by atoms with E-state index in [1.54, 1.807) is 31.2 Å². The van der Waals surface area contributed by atoms with E-state index in [9.17, 15) is 23.9 Å². The summed E-state index contributed by atoms with van der Waals surface area (Å²) in [6.45, 7) is 3.32. The molecular formula is C28H28FN5O4. The molecular weight excluding hydrogens is 489 g/mol. The molecule has 2 amide bonds. The lowest BCUT2D eigenvalue weighted by Gasteiger charge is -2.18. The van der Waals surface area contributed by atoms with Crippen LogP contribution < -0.4 is 15.5 Å². The van der Waals surface area contributed by atoms with Crippen LogP contribution in [0.25, 0.3) is 0 Å². The van der Waals surface area contributed by atoms with Crippen LogP contribution in [0.4, 0.5) is 10.3 Å². The fraction of sp³-hybridized carbons (Fsp3) is 0.321. The van der Waals surface area contributed by atoms with Crippen molar-refractivity contribution in [3.8, 4) is 0 Å². The van der Waals surface area contributed by atoms with Crippen LogP contribution in [0.15, 0.2) is 42.5 Å². The number of carbonyl (C=O) groups is 3. The molecule has 0 bridgehead atoms. The normalized spacial score (nSPS) is 16.3. The Morgan fingerprint density at radius 2 is 1.76 bits per heavy atom. The molecule has 3 aromatic rings. The smallest absolute Gasteiger partial charge is 0.335 e. The summed E-state index contributed by atoms with van der Waals surface area (Å²) < 4.78 is 13.6. The molecule has 0 unspecified atom stereocenters. The van der Waals surface area contributed by atoms with E-state index in [4.69, 9.17) is 0 Å². The second kappa shape index (κ2) is 10.6. The summed E-state index contributed by atoms with van der Waals surface area (Å²) >= 11 is 0. The summed E-state index contributed by atoms with van der Waals surface area (Å²) in [5.74, 6) is -1.87. The van der Waals surface area contributed by atoms with Crippen molar-refractivity contribution in [2.75, 3.05) is 18.0 Å². The highest BCUT2D eigenvalue weighted by atomic mass is 19.1. The van der Waals surface area contributed by atoms with Gasteiger partial charge in [0.25, 0.3) is 11.8 Å². The van der Waals surface area contributed by atoms with Crippen molar-refractivity contribution in [2.24, 2.45) is 0 Å². The van der Waals surface area contributed by atoms with E-state index in [0.29, 0.717) is 24.4 Å². The van der Waals surface area contributed by atoms with Gasteiger partial charge in [-0.2, -0.15) is 0 Å². The van der Waals surface area contributed by atoms with Crippen LogP contribution in [-0.2, 0) is 13.0 Å². The van der Waals surface area contributed by atoms with Gasteiger partial charge in [-0.3, -0.25) is 9.59 Å². The highest BCUT2D eigenvalue weighted by Gasteiger charge is 2.27. The summed E-state index contributed by atoms with van der Waals surface area (Å²) in [7, 11) is 0. The number of carbonyl (C=O) groups excluding carboxylic acids is 2.